The lowest BCUT2D eigenvalue weighted by Crippen LogP contribution is -2.52. The molecule has 0 unspecified atom stereocenters. The van der Waals surface area contributed by atoms with E-state index in [1.54, 1.807) is 14.2 Å². The Bertz CT molecular complexity index is 604. The van der Waals surface area contributed by atoms with Gasteiger partial charge in [-0.25, -0.2) is 0 Å². The average molecular weight is 409 g/mol. The number of thioether (sulfide) groups is 1. The van der Waals surface area contributed by atoms with Crippen LogP contribution in [0.3, 0.4) is 0 Å². The Hall–Kier alpha value is -1.60. The monoisotopic (exact) mass is 408 g/mol. The van der Waals surface area contributed by atoms with Crippen LogP contribution >= 0.6 is 11.8 Å². The van der Waals surface area contributed by atoms with Gasteiger partial charge in [0.1, 0.15) is 0 Å². The molecule has 1 fully saturated rings. The van der Waals surface area contributed by atoms with Gasteiger partial charge in [0, 0.05) is 45.8 Å². The van der Waals surface area contributed by atoms with E-state index in [4.69, 9.17) is 14.5 Å². The quantitative estimate of drug-likeness (QED) is 0.365. The Kier molecular flexibility index (Phi) is 10.4. The summed E-state index contributed by atoms with van der Waals surface area (Å²) in [6, 6.07) is 6.18. The van der Waals surface area contributed by atoms with Gasteiger partial charge in [0.2, 0.25) is 0 Å². The van der Waals surface area contributed by atoms with Crippen LogP contribution in [0.5, 0.6) is 11.5 Å². The standard InChI is InChI=1S/C21H36N4O2S/c1-5-22-21(23-10-6-7-15-28-4)25-13-11-24(12-14-25)17-18-8-9-19(26-2)20(16-18)27-3/h8-9,16H,5-7,10-15,17H2,1-4H3,(H,22,23). The van der Waals surface area contributed by atoms with Crippen molar-refractivity contribution in [3.05, 3.63) is 23.8 Å². The number of nitrogens with one attached hydrogen (secondary N) is 1. The van der Waals surface area contributed by atoms with Crippen LogP contribution in [0, 0.1) is 0 Å². The predicted molar refractivity (Wildman–Crippen MR) is 120 cm³/mol. The number of ether oxygens (including phenoxy) is 2. The van der Waals surface area contributed by atoms with Gasteiger partial charge in [0.25, 0.3) is 0 Å². The molecule has 1 aliphatic heterocycles. The van der Waals surface area contributed by atoms with Gasteiger partial charge in [0.15, 0.2) is 17.5 Å². The molecule has 1 aromatic rings. The molecule has 7 heteroatoms. The molecule has 0 bridgehead atoms. The molecule has 1 aromatic carbocycles. The molecule has 0 atom stereocenters. The number of hydrogen-bond acceptors (Lipinski definition) is 5. The third-order valence-electron chi connectivity index (χ3n) is 4.88. The van der Waals surface area contributed by atoms with Gasteiger partial charge in [-0.2, -0.15) is 11.8 Å². The highest BCUT2D eigenvalue weighted by Crippen LogP contribution is 2.28. The van der Waals surface area contributed by atoms with E-state index in [2.05, 4.69) is 40.4 Å². The van der Waals surface area contributed by atoms with Crippen LogP contribution in [-0.2, 0) is 6.54 Å². The Morgan fingerprint density at radius 3 is 2.50 bits per heavy atom. The zero-order valence-electron chi connectivity index (χ0n) is 17.9. The molecule has 1 saturated heterocycles. The van der Waals surface area contributed by atoms with E-state index in [9.17, 15) is 0 Å². The van der Waals surface area contributed by atoms with Crippen molar-refractivity contribution in [2.75, 3.05) is 65.5 Å². The van der Waals surface area contributed by atoms with Crippen LogP contribution in [0.25, 0.3) is 0 Å². The first-order chi connectivity index (χ1) is 13.7. The summed E-state index contributed by atoms with van der Waals surface area (Å²) in [5, 5.41) is 3.46. The third kappa shape index (κ3) is 7.09. The Labute approximate surface area is 174 Å². The summed E-state index contributed by atoms with van der Waals surface area (Å²) in [6.45, 7) is 8.96. The molecule has 0 aromatic heterocycles. The molecule has 1 N–H and O–H groups in total. The number of methoxy groups -OCH3 is 2. The number of hydrogen-bond donors (Lipinski definition) is 1. The van der Waals surface area contributed by atoms with Crippen molar-refractivity contribution < 1.29 is 9.47 Å². The lowest BCUT2D eigenvalue weighted by molar-refractivity contribution is 0.172. The number of benzene rings is 1. The lowest BCUT2D eigenvalue weighted by Gasteiger charge is -2.36. The SMILES string of the molecule is CCNC(=NCCCCSC)N1CCN(Cc2ccc(OC)c(OC)c2)CC1. The van der Waals surface area contributed by atoms with Gasteiger partial charge in [-0.3, -0.25) is 9.89 Å². The highest BCUT2D eigenvalue weighted by atomic mass is 32.2. The third-order valence-corrected chi connectivity index (χ3v) is 5.58. The van der Waals surface area contributed by atoms with Gasteiger partial charge >= 0.3 is 0 Å². The van der Waals surface area contributed by atoms with Gasteiger partial charge < -0.3 is 19.7 Å². The number of nitrogens with zero attached hydrogens (tertiary/aromatic N) is 3. The van der Waals surface area contributed by atoms with Gasteiger partial charge in [-0.05, 0) is 49.5 Å². The summed E-state index contributed by atoms with van der Waals surface area (Å²) in [6.07, 6.45) is 4.56. The number of guanidine groups is 1. The molecule has 2 rings (SSSR count). The van der Waals surface area contributed by atoms with Crippen molar-refractivity contribution in [3.8, 4) is 11.5 Å². The van der Waals surface area contributed by atoms with Gasteiger partial charge in [-0.1, -0.05) is 6.07 Å². The minimum Gasteiger partial charge on any atom is -0.493 e. The second-order valence-electron chi connectivity index (χ2n) is 6.89. The van der Waals surface area contributed by atoms with E-state index in [0.29, 0.717) is 0 Å². The fourth-order valence-corrected chi connectivity index (χ4v) is 3.82. The summed E-state index contributed by atoms with van der Waals surface area (Å²) < 4.78 is 10.8. The van der Waals surface area contributed by atoms with E-state index in [-0.39, 0.29) is 0 Å². The van der Waals surface area contributed by atoms with E-state index in [1.807, 2.05) is 17.8 Å². The molecular weight excluding hydrogens is 372 g/mol. The van der Waals surface area contributed by atoms with Crippen LogP contribution in [0.1, 0.15) is 25.3 Å². The number of unbranched alkanes of at least 4 members (excludes halogenated alkanes) is 1. The van der Waals surface area contributed by atoms with Gasteiger partial charge in [-0.15, -0.1) is 0 Å². The van der Waals surface area contributed by atoms with Crippen molar-refractivity contribution >= 4 is 17.7 Å². The number of piperazine rings is 1. The zero-order chi connectivity index (χ0) is 20.2. The van der Waals surface area contributed by atoms with E-state index in [1.165, 1.54) is 17.7 Å². The molecule has 0 radical (unpaired) electrons. The molecule has 0 spiro atoms. The molecule has 28 heavy (non-hydrogen) atoms. The largest absolute Gasteiger partial charge is 0.493 e. The van der Waals surface area contributed by atoms with E-state index >= 15 is 0 Å². The molecule has 6 nitrogen and oxygen atoms in total. The summed E-state index contributed by atoms with van der Waals surface area (Å²) in [7, 11) is 3.35. The fourth-order valence-electron chi connectivity index (χ4n) is 3.32. The maximum atomic E-state index is 5.43. The fraction of sp³-hybridized carbons (Fsp3) is 0.667. The molecule has 0 amide bonds. The molecule has 1 aliphatic rings. The van der Waals surface area contributed by atoms with Crippen molar-refractivity contribution in [3.63, 3.8) is 0 Å². The maximum Gasteiger partial charge on any atom is 0.194 e. The van der Waals surface area contributed by atoms with Crippen LogP contribution in [0.2, 0.25) is 0 Å². The summed E-state index contributed by atoms with van der Waals surface area (Å²) >= 11 is 1.91. The normalized spacial score (nSPS) is 15.6. The summed E-state index contributed by atoms with van der Waals surface area (Å²) in [4.78, 5) is 9.71. The summed E-state index contributed by atoms with van der Waals surface area (Å²) in [5.74, 6) is 3.86. The summed E-state index contributed by atoms with van der Waals surface area (Å²) in [5.41, 5.74) is 1.25. The number of rotatable bonds is 10. The van der Waals surface area contributed by atoms with Crippen LogP contribution in [0.15, 0.2) is 23.2 Å². The first kappa shape index (κ1) is 22.7. The van der Waals surface area contributed by atoms with Crippen molar-refractivity contribution in [2.24, 2.45) is 4.99 Å². The Morgan fingerprint density at radius 2 is 1.86 bits per heavy atom. The maximum absolute atomic E-state index is 5.43. The highest BCUT2D eigenvalue weighted by Gasteiger charge is 2.20. The first-order valence-corrected chi connectivity index (χ1v) is 11.6. The van der Waals surface area contributed by atoms with Crippen molar-refractivity contribution in [1.29, 1.82) is 0 Å². The second-order valence-corrected chi connectivity index (χ2v) is 7.87. The topological polar surface area (TPSA) is 49.3 Å². The molecule has 0 aliphatic carbocycles. The minimum atomic E-state index is 0.778. The average Bonchev–Trinajstić information content (AvgIpc) is 2.73. The van der Waals surface area contributed by atoms with E-state index < -0.39 is 0 Å². The number of aliphatic imine (C=N–C) groups is 1. The van der Waals surface area contributed by atoms with Crippen LogP contribution < -0.4 is 14.8 Å². The molecular formula is C21H36N4O2S. The highest BCUT2D eigenvalue weighted by molar-refractivity contribution is 7.98. The van der Waals surface area contributed by atoms with Crippen LogP contribution in [-0.4, -0.2) is 81.3 Å². The van der Waals surface area contributed by atoms with Crippen molar-refractivity contribution in [1.82, 2.24) is 15.1 Å². The molecule has 0 saturated carbocycles. The van der Waals surface area contributed by atoms with E-state index in [0.717, 1.165) is 69.7 Å². The molecule has 1 heterocycles. The Balaban J connectivity index is 1.85. The zero-order valence-corrected chi connectivity index (χ0v) is 18.7. The van der Waals surface area contributed by atoms with Crippen LogP contribution in [0.4, 0.5) is 0 Å². The molecule has 158 valence electrons. The minimum absolute atomic E-state index is 0.778. The second kappa shape index (κ2) is 12.8. The predicted octanol–water partition coefficient (Wildman–Crippen LogP) is 2.93. The van der Waals surface area contributed by atoms with Gasteiger partial charge in [0.05, 0.1) is 14.2 Å². The van der Waals surface area contributed by atoms with Crippen molar-refractivity contribution in [2.45, 2.75) is 26.3 Å². The smallest absolute Gasteiger partial charge is 0.194 e. The first-order valence-electron chi connectivity index (χ1n) is 10.2. The lowest BCUT2D eigenvalue weighted by atomic mass is 10.1. The Morgan fingerprint density at radius 1 is 1.11 bits per heavy atom.